The fourth-order valence-corrected chi connectivity index (χ4v) is 4.29. The molecule has 3 aromatic heterocycles. The minimum Gasteiger partial charge on any atom is -0.497 e. The molecule has 3 heterocycles. The van der Waals surface area contributed by atoms with E-state index in [2.05, 4.69) is 25.6 Å². The third-order valence-electron chi connectivity index (χ3n) is 4.87. The Hall–Kier alpha value is -3.71. The maximum Gasteiger partial charge on any atom is 0.181 e. The summed E-state index contributed by atoms with van der Waals surface area (Å²) in [5.41, 5.74) is 4.00. The van der Waals surface area contributed by atoms with Gasteiger partial charge in [-0.2, -0.15) is 0 Å². The van der Waals surface area contributed by atoms with E-state index in [9.17, 15) is 0 Å². The number of thiophene rings is 1. The summed E-state index contributed by atoms with van der Waals surface area (Å²) in [4.78, 5) is 14.3. The highest BCUT2D eigenvalue weighted by molar-refractivity contribution is 7.17. The van der Waals surface area contributed by atoms with Crippen molar-refractivity contribution in [3.8, 4) is 28.2 Å². The molecule has 0 bridgehead atoms. The van der Waals surface area contributed by atoms with Crippen molar-refractivity contribution in [2.75, 3.05) is 12.4 Å². The molecule has 5 aromatic rings. The summed E-state index contributed by atoms with van der Waals surface area (Å²) in [6, 6.07) is 18.0. The van der Waals surface area contributed by atoms with Gasteiger partial charge in [-0.1, -0.05) is 42.5 Å². The van der Waals surface area contributed by atoms with E-state index < -0.39 is 0 Å². The van der Waals surface area contributed by atoms with Crippen molar-refractivity contribution < 1.29 is 9.15 Å². The van der Waals surface area contributed by atoms with Crippen LogP contribution in [0.4, 0.5) is 5.82 Å². The number of methoxy groups -OCH3 is 1. The van der Waals surface area contributed by atoms with Gasteiger partial charge in [0, 0.05) is 16.5 Å². The summed E-state index contributed by atoms with van der Waals surface area (Å²) in [5.74, 6) is 2.36. The highest BCUT2D eigenvalue weighted by Gasteiger charge is 2.15. The normalized spacial score (nSPS) is 11.0. The molecule has 0 unspecified atom stereocenters. The van der Waals surface area contributed by atoms with Crippen LogP contribution in [-0.4, -0.2) is 22.1 Å². The van der Waals surface area contributed by atoms with Crippen LogP contribution in [0, 0.1) is 0 Å². The van der Waals surface area contributed by atoms with Gasteiger partial charge >= 0.3 is 0 Å². The zero-order valence-corrected chi connectivity index (χ0v) is 17.0. The molecule has 0 aliphatic heterocycles. The first-order valence-electron chi connectivity index (χ1n) is 9.42. The summed E-state index contributed by atoms with van der Waals surface area (Å²) in [6.07, 6.45) is 3.06. The molecule has 7 heteroatoms. The van der Waals surface area contributed by atoms with Crippen molar-refractivity contribution in [3.63, 3.8) is 0 Å². The average molecular weight is 414 g/mol. The first-order valence-corrected chi connectivity index (χ1v) is 10.3. The minimum atomic E-state index is 0.491. The van der Waals surface area contributed by atoms with E-state index in [-0.39, 0.29) is 0 Å². The fraction of sp³-hybridized carbons (Fsp3) is 0.0870. The second-order valence-electron chi connectivity index (χ2n) is 6.63. The van der Waals surface area contributed by atoms with Gasteiger partial charge in [0.2, 0.25) is 0 Å². The topological polar surface area (TPSA) is 73.1 Å². The Balaban J connectivity index is 1.47. The van der Waals surface area contributed by atoms with Gasteiger partial charge in [0.05, 0.1) is 19.0 Å². The first kappa shape index (κ1) is 18.3. The van der Waals surface area contributed by atoms with Gasteiger partial charge in [-0.05, 0) is 17.7 Å². The van der Waals surface area contributed by atoms with Gasteiger partial charge in [-0.25, -0.2) is 15.0 Å². The van der Waals surface area contributed by atoms with E-state index in [4.69, 9.17) is 9.15 Å². The molecule has 0 spiro atoms. The van der Waals surface area contributed by atoms with Gasteiger partial charge in [0.1, 0.15) is 28.4 Å². The molecule has 0 amide bonds. The Morgan fingerprint density at radius 2 is 1.80 bits per heavy atom. The van der Waals surface area contributed by atoms with E-state index in [1.165, 1.54) is 6.39 Å². The molecule has 0 atom stereocenters. The molecular weight excluding hydrogens is 396 g/mol. The maximum absolute atomic E-state index is 5.63. The summed E-state index contributed by atoms with van der Waals surface area (Å²) in [6.45, 7) is 0.491. The Morgan fingerprint density at radius 3 is 2.60 bits per heavy atom. The lowest BCUT2D eigenvalue weighted by Gasteiger charge is -2.08. The first-order chi connectivity index (χ1) is 14.8. The zero-order chi connectivity index (χ0) is 20.3. The second-order valence-corrected chi connectivity index (χ2v) is 7.49. The number of hydrogen-bond acceptors (Lipinski definition) is 7. The van der Waals surface area contributed by atoms with Gasteiger partial charge in [0.25, 0.3) is 0 Å². The van der Waals surface area contributed by atoms with Crippen molar-refractivity contribution >= 4 is 27.4 Å². The fourth-order valence-electron chi connectivity index (χ4n) is 3.38. The number of benzene rings is 2. The summed E-state index contributed by atoms with van der Waals surface area (Å²) < 4.78 is 10.9. The van der Waals surface area contributed by atoms with E-state index in [1.54, 1.807) is 24.8 Å². The SMILES string of the molecule is COc1ccc(-c2csc3ncnc(NCc4ncoc4-c4ccccc4)c23)cc1. The molecule has 5 rings (SSSR count). The summed E-state index contributed by atoms with van der Waals surface area (Å²) in [5, 5.41) is 6.53. The predicted octanol–water partition coefficient (Wildman–Crippen LogP) is 5.63. The third-order valence-corrected chi connectivity index (χ3v) is 5.76. The zero-order valence-electron chi connectivity index (χ0n) is 16.2. The number of nitrogens with one attached hydrogen (secondary N) is 1. The number of aromatic nitrogens is 3. The molecule has 0 radical (unpaired) electrons. The minimum absolute atomic E-state index is 0.491. The van der Waals surface area contributed by atoms with Crippen LogP contribution in [0.1, 0.15) is 5.69 Å². The Morgan fingerprint density at radius 1 is 0.967 bits per heavy atom. The molecule has 0 saturated heterocycles. The van der Waals surface area contributed by atoms with Gasteiger partial charge in [-0.15, -0.1) is 11.3 Å². The molecule has 0 saturated carbocycles. The van der Waals surface area contributed by atoms with Crippen LogP contribution in [0.5, 0.6) is 5.75 Å². The maximum atomic E-state index is 5.63. The van der Waals surface area contributed by atoms with E-state index in [0.29, 0.717) is 6.54 Å². The lowest BCUT2D eigenvalue weighted by molar-refractivity contribution is 0.415. The number of oxazole rings is 1. The van der Waals surface area contributed by atoms with Crippen LogP contribution in [-0.2, 0) is 6.54 Å². The molecule has 0 aliphatic rings. The van der Waals surface area contributed by atoms with E-state index in [1.807, 2.05) is 54.6 Å². The Kier molecular flexibility index (Phi) is 4.86. The molecule has 1 N–H and O–H groups in total. The van der Waals surface area contributed by atoms with Crippen molar-refractivity contribution in [3.05, 3.63) is 78.4 Å². The van der Waals surface area contributed by atoms with Crippen LogP contribution < -0.4 is 10.1 Å². The molecule has 0 fully saturated rings. The van der Waals surface area contributed by atoms with E-state index in [0.717, 1.165) is 49.9 Å². The molecule has 148 valence electrons. The number of hydrogen-bond donors (Lipinski definition) is 1. The molecule has 0 aliphatic carbocycles. The summed E-state index contributed by atoms with van der Waals surface area (Å²) >= 11 is 1.60. The van der Waals surface area contributed by atoms with Crippen LogP contribution in [0.3, 0.4) is 0 Å². The standard InChI is InChI=1S/C23H18N4O2S/c1-28-17-9-7-15(8-10-17)18-12-30-23-20(18)22(25-13-26-23)24-11-19-21(29-14-27-19)16-5-3-2-4-6-16/h2-10,12-14H,11H2,1H3,(H,24,25,26). The Labute approximate surface area is 177 Å². The highest BCUT2D eigenvalue weighted by atomic mass is 32.1. The number of rotatable bonds is 6. The van der Waals surface area contributed by atoms with Crippen LogP contribution in [0.15, 0.2) is 77.1 Å². The molecule has 30 heavy (non-hydrogen) atoms. The molecular formula is C23H18N4O2S. The largest absolute Gasteiger partial charge is 0.497 e. The number of ether oxygens (including phenoxy) is 1. The predicted molar refractivity (Wildman–Crippen MR) is 119 cm³/mol. The van der Waals surface area contributed by atoms with E-state index >= 15 is 0 Å². The second kappa shape index (κ2) is 7.96. The smallest absolute Gasteiger partial charge is 0.181 e. The number of anilines is 1. The van der Waals surface area contributed by atoms with Gasteiger partial charge in [0.15, 0.2) is 12.2 Å². The van der Waals surface area contributed by atoms with Crippen LogP contribution in [0.25, 0.3) is 32.7 Å². The lowest BCUT2D eigenvalue weighted by Crippen LogP contribution is -2.03. The lowest BCUT2D eigenvalue weighted by atomic mass is 10.1. The van der Waals surface area contributed by atoms with Crippen molar-refractivity contribution in [2.24, 2.45) is 0 Å². The number of fused-ring (bicyclic) bond motifs is 1. The van der Waals surface area contributed by atoms with Crippen molar-refractivity contribution in [1.29, 1.82) is 0 Å². The van der Waals surface area contributed by atoms with Crippen molar-refractivity contribution in [1.82, 2.24) is 15.0 Å². The quantitative estimate of drug-likeness (QED) is 0.388. The summed E-state index contributed by atoms with van der Waals surface area (Å²) in [7, 11) is 1.67. The van der Waals surface area contributed by atoms with Crippen molar-refractivity contribution in [2.45, 2.75) is 6.54 Å². The third kappa shape index (κ3) is 3.40. The average Bonchev–Trinajstić information content (AvgIpc) is 3.46. The van der Waals surface area contributed by atoms with Gasteiger partial charge < -0.3 is 14.5 Å². The monoisotopic (exact) mass is 414 g/mol. The Bertz CT molecular complexity index is 1280. The van der Waals surface area contributed by atoms with Crippen LogP contribution in [0.2, 0.25) is 0 Å². The molecule has 2 aromatic carbocycles. The van der Waals surface area contributed by atoms with Crippen LogP contribution >= 0.6 is 11.3 Å². The molecule has 6 nitrogen and oxygen atoms in total. The number of nitrogens with zero attached hydrogens (tertiary/aromatic N) is 3. The highest BCUT2D eigenvalue weighted by Crippen LogP contribution is 2.37. The van der Waals surface area contributed by atoms with Gasteiger partial charge in [-0.3, -0.25) is 0 Å².